The summed E-state index contributed by atoms with van der Waals surface area (Å²) in [4.78, 5) is 12.0. The molecule has 1 atom stereocenters. The first-order chi connectivity index (χ1) is 9.28. The molecule has 1 aliphatic rings. The molecule has 110 valence electrons. The van der Waals surface area contributed by atoms with Crippen LogP contribution in [0.5, 0.6) is 0 Å². The highest BCUT2D eigenvalue weighted by Gasteiger charge is 2.26. The minimum absolute atomic E-state index is 0.0669. The van der Waals surface area contributed by atoms with Crippen molar-refractivity contribution in [1.82, 2.24) is 5.32 Å². The van der Waals surface area contributed by atoms with E-state index in [9.17, 15) is 17.6 Å². The molecule has 0 saturated carbocycles. The second-order valence-electron chi connectivity index (χ2n) is 5.10. The second kappa shape index (κ2) is 5.40. The molecule has 0 spiro atoms. The predicted molar refractivity (Wildman–Crippen MR) is 74.7 cm³/mol. The number of anilines is 1. The monoisotopic (exact) mass is 300 g/mol. The van der Waals surface area contributed by atoms with Gasteiger partial charge >= 0.3 is 0 Å². The number of hydrogen-bond donors (Lipinski definition) is 2. The summed E-state index contributed by atoms with van der Waals surface area (Å²) < 4.78 is 36.5. The smallest absolute Gasteiger partial charge is 0.251 e. The van der Waals surface area contributed by atoms with Crippen molar-refractivity contribution >= 4 is 21.4 Å². The SMILES string of the molecule is Cc1c(N)cc(C(=O)NC2CCCS(=O)(=O)C2)cc1F. The van der Waals surface area contributed by atoms with Gasteiger partial charge in [-0.3, -0.25) is 4.79 Å². The summed E-state index contributed by atoms with van der Waals surface area (Å²) in [6, 6.07) is 2.08. The first kappa shape index (κ1) is 14.8. The van der Waals surface area contributed by atoms with Crippen molar-refractivity contribution < 1.29 is 17.6 Å². The fourth-order valence-electron chi connectivity index (χ4n) is 2.24. The third-order valence-electron chi connectivity index (χ3n) is 3.44. The predicted octanol–water partition coefficient (Wildman–Crippen LogP) is 1.02. The van der Waals surface area contributed by atoms with Gasteiger partial charge in [-0.15, -0.1) is 0 Å². The van der Waals surface area contributed by atoms with Crippen LogP contribution in [0.15, 0.2) is 12.1 Å². The summed E-state index contributed by atoms with van der Waals surface area (Å²) in [5.74, 6) is -0.960. The molecule has 5 nitrogen and oxygen atoms in total. The molecule has 0 bridgehead atoms. The first-order valence-corrected chi connectivity index (χ1v) is 8.17. The van der Waals surface area contributed by atoms with E-state index in [2.05, 4.69) is 5.32 Å². The summed E-state index contributed by atoms with van der Waals surface area (Å²) in [7, 11) is -3.10. The van der Waals surface area contributed by atoms with Crippen LogP contribution >= 0.6 is 0 Å². The molecular formula is C13H17FN2O3S. The van der Waals surface area contributed by atoms with Gasteiger partial charge in [0.2, 0.25) is 0 Å². The minimum Gasteiger partial charge on any atom is -0.398 e. The third-order valence-corrected chi connectivity index (χ3v) is 5.27. The number of benzene rings is 1. The highest BCUT2D eigenvalue weighted by atomic mass is 32.2. The number of nitrogen functional groups attached to an aromatic ring is 1. The Bertz CT molecular complexity index is 620. The lowest BCUT2D eigenvalue weighted by Crippen LogP contribution is -2.43. The van der Waals surface area contributed by atoms with Crippen LogP contribution in [0.25, 0.3) is 0 Å². The van der Waals surface area contributed by atoms with Gasteiger partial charge in [-0.05, 0) is 31.9 Å². The zero-order chi connectivity index (χ0) is 14.9. The number of halogens is 1. The van der Waals surface area contributed by atoms with Gasteiger partial charge in [0.05, 0.1) is 11.5 Å². The van der Waals surface area contributed by atoms with Gasteiger partial charge in [0.25, 0.3) is 5.91 Å². The molecule has 7 heteroatoms. The number of carbonyl (C=O) groups is 1. The molecule has 1 amide bonds. The molecule has 2 rings (SSSR count). The van der Waals surface area contributed by atoms with Gasteiger partial charge < -0.3 is 11.1 Å². The Labute approximate surface area is 117 Å². The Kier molecular flexibility index (Phi) is 3.99. The minimum atomic E-state index is -3.10. The first-order valence-electron chi connectivity index (χ1n) is 6.35. The van der Waals surface area contributed by atoms with Gasteiger partial charge in [0.15, 0.2) is 9.84 Å². The summed E-state index contributed by atoms with van der Waals surface area (Å²) in [6.07, 6.45) is 1.13. The molecule has 1 saturated heterocycles. The van der Waals surface area contributed by atoms with Crippen molar-refractivity contribution in [3.63, 3.8) is 0 Å². The third kappa shape index (κ3) is 3.27. The second-order valence-corrected chi connectivity index (χ2v) is 7.33. The Hall–Kier alpha value is -1.63. The van der Waals surface area contributed by atoms with Crippen LogP contribution < -0.4 is 11.1 Å². The molecule has 1 unspecified atom stereocenters. The van der Waals surface area contributed by atoms with E-state index < -0.39 is 27.6 Å². The molecule has 1 aromatic carbocycles. The lowest BCUT2D eigenvalue weighted by atomic mass is 10.1. The lowest BCUT2D eigenvalue weighted by molar-refractivity contribution is 0.0938. The molecular weight excluding hydrogens is 283 g/mol. The Morgan fingerprint density at radius 3 is 2.75 bits per heavy atom. The maximum absolute atomic E-state index is 13.5. The summed E-state index contributed by atoms with van der Waals surface area (Å²) in [5.41, 5.74) is 6.22. The van der Waals surface area contributed by atoms with Crippen LogP contribution in [-0.2, 0) is 9.84 Å². The van der Waals surface area contributed by atoms with E-state index in [1.165, 1.54) is 13.0 Å². The molecule has 20 heavy (non-hydrogen) atoms. The van der Waals surface area contributed by atoms with E-state index in [-0.39, 0.29) is 22.8 Å². The van der Waals surface area contributed by atoms with Gasteiger partial charge in [-0.1, -0.05) is 0 Å². The molecule has 1 heterocycles. The molecule has 3 N–H and O–H groups in total. The van der Waals surface area contributed by atoms with E-state index in [4.69, 9.17) is 5.73 Å². The van der Waals surface area contributed by atoms with Crippen molar-refractivity contribution in [1.29, 1.82) is 0 Å². The number of nitrogens with two attached hydrogens (primary N) is 1. The van der Waals surface area contributed by atoms with Crippen LogP contribution in [0.2, 0.25) is 0 Å². The fourth-order valence-corrected chi connectivity index (χ4v) is 3.87. The van der Waals surface area contributed by atoms with E-state index in [0.29, 0.717) is 18.4 Å². The number of rotatable bonds is 2. The quantitative estimate of drug-likeness (QED) is 0.798. The van der Waals surface area contributed by atoms with Crippen molar-refractivity contribution in [2.24, 2.45) is 0 Å². The molecule has 0 radical (unpaired) electrons. The van der Waals surface area contributed by atoms with Crippen LogP contribution in [0.3, 0.4) is 0 Å². The summed E-state index contributed by atoms with van der Waals surface area (Å²) in [6.45, 7) is 1.53. The average molecular weight is 300 g/mol. The molecule has 1 aliphatic heterocycles. The van der Waals surface area contributed by atoms with Crippen molar-refractivity contribution in [3.05, 3.63) is 29.1 Å². The van der Waals surface area contributed by atoms with Gasteiger partial charge in [-0.2, -0.15) is 0 Å². The summed E-state index contributed by atoms with van der Waals surface area (Å²) >= 11 is 0. The molecule has 1 fully saturated rings. The molecule has 0 aromatic heterocycles. The van der Waals surface area contributed by atoms with Gasteiger partial charge in [0, 0.05) is 22.9 Å². The zero-order valence-electron chi connectivity index (χ0n) is 11.1. The highest BCUT2D eigenvalue weighted by Crippen LogP contribution is 2.18. The van der Waals surface area contributed by atoms with Gasteiger partial charge in [-0.25, -0.2) is 12.8 Å². The number of carbonyl (C=O) groups excluding carboxylic acids is 1. The number of sulfone groups is 1. The van der Waals surface area contributed by atoms with E-state index in [1.807, 2.05) is 0 Å². The number of hydrogen-bond acceptors (Lipinski definition) is 4. The van der Waals surface area contributed by atoms with Crippen LogP contribution in [0.4, 0.5) is 10.1 Å². The van der Waals surface area contributed by atoms with Crippen molar-refractivity contribution in [2.45, 2.75) is 25.8 Å². The lowest BCUT2D eigenvalue weighted by Gasteiger charge is -2.23. The van der Waals surface area contributed by atoms with Crippen molar-refractivity contribution in [2.75, 3.05) is 17.2 Å². The Morgan fingerprint density at radius 2 is 2.15 bits per heavy atom. The van der Waals surface area contributed by atoms with Crippen LogP contribution in [-0.4, -0.2) is 31.9 Å². The number of nitrogens with one attached hydrogen (secondary N) is 1. The highest BCUT2D eigenvalue weighted by molar-refractivity contribution is 7.91. The van der Waals surface area contributed by atoms with Crippen LogP contribution in [0, 0.1) is 12.7 Å². The molecule has 0 aliphatic carbocycles. The summed E-state index contributed by atoms with van der Waals surface area (Å²) in [5, 5.41) is 2.62. The molecule has 1 aromatic rings. The Morgan fingerprint density at radius 1 is 1.45 bits per heavy atom. The maximum Gasteiger partial charge on any atom is 0.251 e. The van der Waals surface area contributed by atoms with Gasteiger partial charge in [0.1, 0.15) is 5.82 Å². The number of amides is 1. The Balaban J connectivity index is 2.13. The average Bonchev–Trinajstić information content (AvgIpc) is 2.34. The largest absolute Gasteiger partial charge is 0.398 e. The topological polar surface area (TPSA) is 89.3 Å². The van der Waals surface area contributed by atoms with E-state index in [0.717, 1.165) is 6.07 Å². The van der Waals surface area contributed by atoms with Crippen molar-refractivity contribution in [3.8, 4) is 0 Å². The standard InChI is InChI=1S/C13H17FN2O3S/c1-8-11(14)5-9(6-12(8)15)13(17)16-10-3-2-4-20(18,19)7-10/h5-6,10H,2-4,7,15H2,1H3,(H,16,17). The fraction of sp³-hybridized carbons (Fsp3) is 0.462. The maximum atomic E-state index is 13.5. The van der Waals surface area contributed by atoms with Crippen LogP contribution in [0.1, 0.15) is 28.8 Å². The van der Waals surface area contributed by atoms with E-state index in [1.54, 1.807) is 0 Å². The van der Waals surface area contributed by atoms with E-state index >= 15 is 0 Å². The normalized spacial score (nSPS) is 21.4. The zero-order valence-corrected chi connectivity index (χ0v) is 12.0.